The maximum Gasteiger partial charge on any atom is 0.311 e. The number of phenolic OH excluding ortho intramolecular Hbond substituents is 1. The number of aryl methyl sites for hydroxylation is 2. The first-order valence-electron chi connectivity index (χ1n) is 7.08. The fourth-order valence-corrected chi connectivity index (χ4v) is 2.56. The molecule has 4 nitrogen and oxygen atoms in total. The number of methoxy groups -OCH3 is 1. The van der Waals surface area contributed by atoms with E-state index in [4.69, 9.17) is 4.74 Å². The lowest BCUT2D eigenvalue weighted by atomic mass is 9.88. The fraction of sp³-hybridized carbons (Fsp3) is 0.278. The van der Waals surface area contributed by atoms with Gasteiger partial charge in [-0.25, -0.2) is 0 Å². The van der Waals surface area contributed by atoms with E-state index in [0.717, 1.165) is 22.3 Å². The van der Waals surface area contributed by atoms with Crippen molar-refractivity contribution >= 4 is 5.97 Å². The van der Waals surface area contributed by atoms with E-state index in [1.807, 2.05) is 32.0 Å². The number of benzene rings is 2. The van der Waals surface area contributed by atoms with E-state index in [1.165, 1.54) is 7.11 Å². The van der Waals surface area contributed by atoms with E-state index < -0.39 is 11.9 Å². The Labute approximate surface area is 130 Å². The Hall–Kier alpha value is -2.49. The maximum atomic E-state index is 11.7. The van der Waals surface area contributed by atoms with Gasteiger partial charge in [0, 0.05) is 0 Å². The van der Waals surface area contributed by atoms with E-state index in [-0.39, 0.29) is 5.75 Å². The molecule has 22 heavy (non-hydrogen) atoms. The number of hydrogen-bond donors (Lipinski definition) is 2. The molecule has 0 saturated heterocycles. The Kier molecular flexibility index (Phi) is 4.71. The highest BCUT2D eigenvalue weighted by Crippen LogP contribution is 2.30. The van der Waals surface area contributed by atoms with Gasteiger partial charge in [0.25, 0.3) is 0 Å². The normalized spacial score (nSPS) is 12.0. The number of hydrogen-bond acceptors (Lipinski definition) is 3. The third-order valence-electron chi connectivity index (χ3n) is 3.79. The van der Waals surface area contributed by atoms with Crippen LogP contribution in [0.3, 0.4) is 0 Å². The summed E-state index contributed by atoms with van der Waals surface area (Å²) in [5, 5.41) is 19.4. The van der Waals surface area contributed by atoms with Crippen LogP contribution in [0.1, 0.15) is 28.2 Å². The number of phenols is 1. The molecule has 0 spiro atoms. The Morgan fingerprint density at radius 2 is 1.91 bits per heavy atom. The summed E-state index contributed by atoms with van der Waals surface area (Å²) in [4.78, 5) is 11.7. The summed E-state index contributed by atoms with van der Waals surface area (Å²) in [6.45, 7) is 3.86. The lowest BCUT2D eigenvalue weighted by Crippen LogP contribution is -2.16. The zero-order chi connectivity index (χ0) is 16.3. The summed E-state index contributed by atoms with van der Waals surface area (Å²) >= 11 is 0. The molecule has 1 unspecified atom stereocenters. The Morgan fingerprint density at radius 3 is 2.50 bits per heavy atom. The van der Waals surface area contributed by atoms with Crippen molar-refractivity contribution in [3.8, 4) is 11.5 Å². The van der Waals surface area contributed by atoms with Gasteiger partial charge in [-0.05, 0) is 49.1 Å². The predicted octanol–water partition coefficient (Wildman–Crippen LogP) is 3.43. The molecule has 2 aromatic carbocycles. The third kappa shape index (κ3) is 3.39. The fourth-order valence-electron chi connectivity index (χ4n) is 2.56. The highest BCUT2D eigenvalue weighted by Gasteiger charge is 2.22. The number of aromatic hydroxyl groups is 1. The van der Waals surface area contributed by atoms with E-state index in [9.17, 15) is 15.0 Å². The van der Waals surface area contributed by atoms with Crippen molar-refractivity contribution < 1.29 is 19.7 Å². The minimum atomic E-state index is -0.871. The monoisotopic (exact) mass is 300 g/mol. The standard InChI is InChI=1S/C18H20O4/c1-11-4-5-12(2)14(8-11)15(18(20)21)9-13-6-7-17(22-3)16(19)10-13/h4-8,10,15,19H,9H2,1-3H3,(H,20,21). The molecular formula is C18H20O4. The maximum absolute atomic E-state index is 11.7. The molecule has 116 valence electrons. The number of carbonyl (C=O) groups is 1. The van der Waals surface area contributed by atoms with Crippen LogP contribution in [0.25, 0.3) is 0 Å². The molecule has 1 atom stereocenters. The molecule has 2 N–H and O–H groups in total. The van der Waals surface area contributed by atoms with Gasteiger partial charge in [0.1, 0.15) is 0 Å². The molecule has 0 aliphatic carbocycles. The van der Waals surface area contributed by atoms with Gasteiger partial charge in [-0.3, -0.25) is 4.79 Å². The second kappa shape index (κ2) is 6.52. The topological polar surface area (TPSA) is 66.8 Å². The Morgan fingerprint density at radius 1 is 1.18 bits per heavy atom. The quantitative estimate of drug-likeness (QED) is 0.888. The molecule has 0 aliphatic heterocycles. The number of carboxylic acids is 1. The van der Waals surface area contributed by atoms with Gasteiger partial charge in [0.15, 0.2) is 11.5 Å². The van der Waals surface area contributed by atoms with Crippen molar-refractivity contribution in [1.82, 2.24) is 0 Å². The summed E-state index contributed by atoms with van der Waals surface area (Å²) in [5.41, 5.74) is 3.55. The van der Waals surface area contributed by atoms with Crippen LogP contribution in [0, 0.1) is 13.8 Å². The number of carboxylic acid groups (broad SMARTS) is 1. The summed E-state index contributed by atoms with van der Waals surface area (Å²) in [7, 11) is 1.48. The van der Waals surface area contributed by atoms with E-state index in [0.29, 0.717) is 12.2 Å². The van der Waals surface area contributed by atoms with Crippen molar-refractivity contribution in [2.75, 3.05) is 7.11 Å². The average Bonchev–Trinajstić information content (AvgIpc) is 2.47. The van der Waals surface area contributed by atoms with Gasteiger partial charge in [-0.1, -0.05) is 29.8 Å². The lowest BCUT2D eigenvalue weighted by molar-refractivity contribution is -0.138. The van der Waals surface area contributed by atoms with Crippen molar-refractivity contribution in [3.05, 3.63) is 58.7 Å². The molecule has 0 aromatic heterocycles. The van der Waals surface area contributed by atoms with Crippen LogP contribution in [0.5, 0.6) is 11.5 Å². The van der Waals surface area contributed by atoms with Crippen LogP contribution in [-0.4, -0.2) is 23.3 Å². The van der Waals surface area contributed by atoms with Crippen LogP contribution in [-0.2, 0) is 11.2 Å². The van der Waals surface area contributed by atoms with Crippen LogP contribution in [0.15, 0.2) is 36.4 Å². The first kappa shape index (κ1) is 15.9. The second-order valence-electron chi connectivity index (χ2n) is 5.46. The minimum absolute atomic E-state index is 0.0186. The molecular weight excluding hydrogens is 280 g/mol. The molecule has 0 heterocycles. The third-order valence-corrected chi connectivity index (χ3v) is 3.79. The van der Waals surface area contributed by atoms with Gasteiger partial charge >= 0.3 is 5.97 Å². The molecule has 0 aliphatic rings. The second-order valence-corrected chi connectivity index (χ2v) is 5.46. The Bertz CT molecular complexity index is 691. The van der Waals surface area contributed by atoms with Crippen molar-refractivity contribution in [2.24, 2.45) is 0 Å². The lowest BCUT2D eigenvalue weighted by Gasteiger charge is -2.17. The molecule has 0 fully saturated rings. The SMILES string of the molecule is COc1ccc(CC(C(=O)O)c2cc(C)ccc2C)cc1O. The Balaban J connectivity index is 2.35. The van der Waals surface area contributed by atoms with Crippen molar-refractivity contribution in [2.45, 2.75) is 26.2 Å². The zero-order valence-electron chi connectivity index (χ0n) is 13.0. The smallest absolute Gasteiger partial charge is 0.311 e. The zero-order valence-corrected chi connectivity index (χ0v) is 13.0. The van der Waals surface area contributed by atoms with Gasteiger partial charge in [-0.15, -0.1) is 0 Å². The van der Waals surface area contributed by atoms with Gasteiger partial charge < -0.3 is 14.9 Å². The number of ether oxygens (including phenoxy) is 1. The molecule has 0 bridgehead atoms. The summed E-state index contributed by atoms with van der Waals surface area (Å²) in [6, 6.07) is 10.8. The van der Waals surface area contributed by atoms with Gasteiger partial charge in [0.2, 0.25) is 0 Å². The van der Waals surface area contributed by atoms with E-state index >= 15 is 0 Å². The van der Waals surface area contributed by atoms with E-state index in [1.54, 1.807) is 18.2 Å². The molecule has 2 aromatic rings. The van der Waals surface area contributed by atoms with Gasteiger partial charge in [0.05, 0.1) is 13.0 Å². The van der Waals surface area contributed by atoms with Crippen molar-refractivity contribution in [3.63, 3.8) is 0 Å². The first-order valence-corrected chi connectivity index (χ1v) is 7.08. The van der Waals surface area contributed by atoms with Crippen molar-refractivity contribution in [1.29, 1.82) is 0 Å². The van der Waals surface area contributed by atoms with Gasteiger partial charge in [-0.2, -0.15) is 0 Å². The molecule has 0 saturated carbocycles. The van der Waals surface area contributed by atoms with Crippen LogP contribution < -0.4 is 4.74 Å². The van der Waals surface area contributed by atoms with Crippen LogP contribution in [0.2, 0.25) is 0 Å². The summed E-state index contributed by atoms with van der Waals surface area (Å²) < 4.78 is 5.01. The average molecular weight is 300 g/mol. The summed E-state index contributed by atoms with van der Waals surface area (Å²) in [6.07, 6.45) is 0.317. The highest BCUT2D eigenvalue weighted by molar-refractivity contribution is 5.77. The minimum Gasteiger partial charge on any atom is -0.504 e. The number of rotatable bonds is 5. The number of aliphatic carboxylic acids is 1. The largest absolute Gasteiger partial charge is 0.504 e. The van der Waals surface area contributed by atoms with Crippen LogP contribution in [0.4, 0.5) is 0 Å². The van der Waals surface area contributed by atoms with Crippen LogP contribution >= 0.6 is 0 Å². The summed E-state index contributed by atoms with van der Waals surface area (Å²) in [5.74, 6) is -1.12. The van der Waals surface area contributed by atoms with E-state index in [2.05, 4.69) is 0 Å². The molecule has 2 rings (SSSR count). The first-order chi connectivity index (χ1) is 10.4. The predicted molar refractivity (Wildman–Crippen MR) is 84.7 cm³/mol. The molecule has 0 amide bonds. The highest BCUT2D eigenvalue weighted by atomic mass is 16.5. The molecule has 4 heteroatoms. The molecule has 0 radical (unpaired) electrons.